The molecule has 4 aliphatic rings. The van der Waals surface area contributed by atoms with Gasteiger partial charge in [0, 0.05) is 31.1 Å². The summed E-state index contributed by atoms with van der Waals surface area (Å²) in [4.78, 5) is 2.26. The van der Waals surface area contributed by atoms with Crippen LogP contribution < -0.4 is 21.4 Å². The number of halogens is 1. The van der Waals surface area contributed by atoms with Gasteiger partial charge in [0.1, 0.15) is 12.5 Å². The highest BCUT2D eigenvalue weighted by atomic mass is 19.1. The Morgan fingerprint density at radius 3 is 2.52 bits per heavy atom. The molecule has 2 aliphatic carbocycles. The smallest absolute Gasteiger partial charge is 0.117 e. The van der Waals surface area contributed by atoms with E-state index in [1.807, 2.05) is 0 Å². The Bertz CT molecular complexity index is 500. The average molecular weight is 413 g/mol. The quantitative estimate of drug-likeness (QED) is 0.428. The first-order chi connectivity index (χ1) is 14.2. The number of alkyl halides is 1. The van der Waals surface area contributed by atoms with Crippen molar-refractivity contribution in [3.8, 4) is 0 Å². The minimum atomic E-state index is -0.621. The highest BCUT2D eigenvalue weighted by Crippen LogP contribution is 2.31. The first-order valence-electron chi connectivity index (χ1n) is 12.0. The van der Waals surface area contributed by atoms with Crippen molar-refractivity contribution >= 4 is 0 Å². The van der Waals surface area contributed by atoms with Crippen molar-refractivity contribution in [3.05, 3.63) is 0 Å². The molecule has 4 fully saturated rings. The number of aliphatic hydroxyl groups excluding tert-OH is 1. The van der Waals surface area contributed by atoms with Crippen LogP contribution in [0, 0.1) is 5.92 Å². The molecule has 4 unspecified atom stereocenters. The maximum Gasteiger partial charge on any atom is 0.117 e. The van der Waals surface area contributed by atoms with E-state index in [-0.39, 0.29) is 25.2 Å². The largest absolute Gasteiger partial charge is 0.395 e. The van der Waals surface area contributed by atoms with Gasteiger partial charge < -0.3 is 5.11 Å². The number of nitrogens with one attached hydrogen (secondary N) is 4. The summed E-state index contributed by atoms with van der Waals surface area (Å²) in [5.74, 6) is 0.420. The summed E-state index contributed by atoms with van der Waals surface area (Å²) in [7, 11) is 0. The Morgan fingerprint density at radius 1 is 1.07 bits per heavy atom. The van der Waals surface area contributed by atoms with Gasteiger partial charge in [-0.25, -0.2) is 9.40 Å². The molecule has 0 bridgehead atoms. The Morgan fingerprint density at radius 2 is 1.83 bits per heavy atom. The molecular formula is C21H41FN6O. The standard InChI is InChI=1S/C21H41FN6O/c1-2-27(12-13-29)21-25-19(24-16-10-8-15(22)9-11-16)18-14-23-28(20(18)26-21)17-6-4-3-5-7-17/h15-21,23-26,29H,2-14H2,1H3. The molecule has 0 amide bonds. The molecule has 8 heteroatoms. The summed E-state index contributed by atoms with van der Waals surface area (Å²) in [5, 5.41) is 23.5. The third-order valence-corrected chi connectivity index (χ3v) is 7.51. The van der Waals surface area contributed by atoms with Crippen molar-refractivity contribution in [2.45, 2.75) is 102 Å². The molecule has 7 nitrogen and oxygen atoms in total. The second kappa shape index (κ2) is 10.3. The van der Waals surface area contributed by atoms with Gasteiger partial charge in [0.05, 0.1) is 18.9 Å². The van der Waals surface area contributed by atoms with Crippen LogP contribution in [0.2, 0.25) is 0 Å². The number of hydrazine groups is 1. The summed E-state index contributed by atoms with van der Waals surface area (Å²) in [5.41, 5.74) is 3.72. The first-order valence-corrected chi connectivity index (χ1v) is 12.0. The summed E-state index contributed by atoms with van der Waals surface area (Å²) in [6, 6.07) is 0.982. The molecule has 29 heavy (non-hydrogen) atoms. The van der Waals surface area contributed by atoms with E-state index >= 15 is 0 Å². The SMILES string of the molecule is CCN(CCO)C1NC(NC2CCC(F)CC2)C2CNN(C3CCCCC3)C2N1. The molecular weight excluding hydrogens is 371 g/mol. The number of hydrogen-bond donors (Lipinski definition) is 5. The molecule has 4 atom stereocenters. The lowest BCUT2D eigenvalue weighted by Gasteiger charge is -2.48. The molecule has 168 valence electrons. The number of rotatable bonds is 7. The van der Waals surface area contributed by atoms with Crippen LogP contribution in [0.25, 0.3) is 0 Å². The van der Waals surface area contributed by atoms with E-state index in [2.05, 4.69) is 38.2 Å². The van der Waals surface area contributed by atoms with Gasteiger partial charge in [0.2, 0.25) is 0 Å². The lowest BCUT2D eigenvalue weighted by Crippen LogP contribution is -2.74. The zero-order chi connectivity index (χ0) is 20.2. The lowest BCUT2D eigenvalue weighted by molar-refractivity contribution is -0.0229. The maximum absolute atomic E-state index is 13.6. The van der Waals surface area contributed by atoms with Crippen LogP contribution in [0.3, 0.4) is 0 Å². The van der Waals surface area contributed by atoms with Gasteiger partial charge >= 0.3 is 0 Å². The van der Waals surface area contributed by atoms with Gasteiger partial charge in [0.15, 0.2) is 0 Å². The molecule has 2 saturated carbocycles. The third kappa shape index (κ3) is 5.11. The highest BCUT2D eigenvalue weighted by molar-refractivity contribution is 4.99. The van der Waals surface area contributed by atoms with E-state index in [9.17, 15) is 9.50 Å². The van der Waals surface area contributed by atoms with Crippen LogP contribution >= 0.6 is 0 Å². The van der Waals surface area contributed by atoms with E-state index < -0.39 is 6.17 Å². The minimum absolute atomic E-state index is 0.0226. The molecule has 0 aromatic carbocycles. The third-order valence-electron chi connectivity index (χ3n) is 7.51. The minimum Gasteiger partial charge on any atom is -0.395 e. The molecule has 5 N–H and O–H groups in total. The molecule has 2 aliphatic heterocycles. The monoisotopic (exact) mass is 412 g/mol. The molecule has 0 radical (unpaired) electrons. The molecule has 0 aromatic rings. The Balaban J connectivity index is 1.47. The van der Waals surface area contributed by atoms with Crippen molar-refractivity contribution in [1.29, 1.82) is 0 Å². The fourth-order valence-corrected chi connectivity index (χ4v) is 5.80. The molecule has 2 saturated heterocycles. The zero-order valence-corrected chi connectivity index (χ0v) is 18.0. The number of fused-ring (bicyclic) bond motifs is 1. The second-order valence-corrected chi connectivity index (χ2v) is 9.35. The first kappa shape index (κ1) is 21.9. The molecule has 4 rings (SSSR count). The number of hydrogen-bond acceptors (Lipinski definition) is 7. The molecule has 2 heterocycles. The zero-order valence-electron chi connectivity index (χ0n) is 18.0. The van der Waals surface area contributed by atoms with Gasteiger partial charge in [-0.1, -0.05) is 26.2 Å². The fourth-order valence-electron chi connectivity index (χ4n) is 5.80. The summed E-state index contributed by atoms with van der Waals surface area (Å²) in [6.45, 7) is 4.78. The lowest BCUT2D eigenvalue weighted by atomic mass is 9.91. The van der Waals surface area contributed by atoms with Crippen molar-refractivity contribution in [1.82, 2.24) is 31.3 Å². The van der Waals surface area contributed by atoms with Crippen LogP contribution in [-0.4, -0.2) is 78.1 Å². The second-order valence-electron chi connectivity index (χ2n) is 9.35. The van der Waals surface area contributed by atoms with Gasteiger partial charge in [-0.2, -0.15) is 0 Å². The molecule has 0 spiro atoms. The average Bonchev–Trinajstić information content (AvgIpc) is 3.18. The van der Waals surface area contributed by atoms with Crippen LogP contribution in [0.4, 0.5) is 4.39 Å². The van der Waals surface area contributed by atoms with Crippen molar-refractivity contribution < 1.29 is 9.50 Å². The predicted octanol–water partition coefficient (Wildman–Crippen LogP) is 1.07. The maximum atomic E-state index is 13.6. The summed E-state index contributed by atoms with van der Waals surface area (Å²) < 4.78 is 13.6. The van der Waals surface area contributed by atoms with Crippen LogP contribution in [-0.2, 0) is 0 Å². The number of nitrogens with zero attached hydrogens (tertiary/aromatic N) is 2. The van der Waals surface area contributed by atoms with Crippen LogP contribution in [0.5, 0.6) is 0 Å². The van der Waals surface area contributed by atoms with Gasteiger partial charge in [-0.15, -0.1) is 0 Å². The van der Waals surface area contributed by atoms with E-state index in [0.717, 1.165) is 25.9 Å². The topological polar surface area (TPSA) is 74.8 Å². The van der Waals surface area contributed by atoms with E-state index in [4.69, 9.17) is 0 Å². The van der Waals surface area contributed by atoms with E-state index in [0.29, 0.717) is 37.4 Å². The van der Waals surface area contributed by atoms with Crippen molar-refractivity contribution in [3.63, 3.8) is 0 Å². The highest BCUT2D eigenvalue weighted by Gasteiger charge is 2.47. The van der Waals surface area contributed by atoms with Gasteiger partial charge in [-0.3, -0.25) is 26.3 Å². The fraction of sp³-hybridized carbons (Fsp3) is 1.00. The summed E-state index contributed by atoms with van der Waals surface area (Å²) >= 11 is 0. The van der Waals surface area contributed by atoms with Crippen LogP contribution in [0.15, 0.2) is 0 Å². The normalized spacial score (nSPS) is 39.7. The van der Waals surface area contributed by atoms with Gasteiger partial charge in [-0.05, 0) is 45.1 Å². The van der Waals surface area contributed by atoms with E-state index in [1.165, 1.54) is 32.1 Å². The summed E-state index contributed by atoms with van der Waals surface area (Å²) in [6.07, 6.45) is 9.58. The Labute approximate surface area is 175 Å². The Hall–Kier alpha value is -0.350. The van der Waals surface area contributed by atoms with Crippen LogP contribution in [0.1, 0.15) is 64.7 Å². The number of aliphatic hydroxyl groups is 1. The Kier molecular flexibility index (Phi) is 7.77. The van der Waals surface area contributed by atoms with Crippen molar-refractivity contribution in [2.24, 2.45) is 5.92 Å². The number of likely N-dealkylation sites (N-methyl/N-ethyl adjacent to an activating group) is 1. The molecule has 0 aromatic heterocycles. The van der Waals surface area contributed by atoms with Crippen molar-refractivity contribution in [2.75, 3.05) is 26.2 Å². The van der Waals surface area contributed by atoms with E-state index in [1.54, 1.807) is 0 Å². The predicted molar refractivity (Wildman–Crippen MR) is 112 cm³/mol. The van der Waals surface area contributed by atoms with Gasteiger partial charge in [0.25, 0.3) is 0 Å².